The summed E-state index contributed by atoms with van der Waals surface area (Å²) in [5.41, 5.74) is 1.58. The van der Waals surface area contributed by atoms with Crippen LogP contribution in [0.25, 0.3) is 22.0 Å². The second kappa shape index (κ2) is 8.49. The summed E-state index contributed by atoms with van der Waals surface area (Å²) in [6.45, 7) is 7.83. The first-order valence-corrected chi connectivity index (χ1v) is 11.6. The summed E-state index contributed by atoms with van der Waals surface area (Å²) in [7, 11) is 0. The number of nitrogens with one attached hydrogen (secondary N) is 1. The number of alkyl halides is 3. The quantitative estimate of drug-likeness (QED) is 0.400. The topological polar surface area (TPSA) is 40.8 Å². The first kappa shape index (κ1) is 22.8. The molecular weight excluding hydrogens is 431 g/mol. The van der Waals surface area contributed by atoms with Gasteiger partial charge in [0.15, 0.2) is 0 Å². The van der Waals surface area contributed by atoms with Crippen LogP contribution in [0, 0.1) is 16.7 Å². The predicted molar refractivity (Wildman–Crippen MR) is 124 cm³/mol. The Labute approximate surface area is 190 Å². The molecule has 0 bridgehead atoms. The smallest absolute Gasteiger partial charge is 0.347 e. The Kier molecular flexibility index (Phi) is 6.04. The number of hydrogen-bond donors (Lipinski definition) is 1. The van der Waals surface area contributed by atoms with Crippen molar-refractivity contribution in [2.45, 2.75) is 58.1 Å². The number of hydrogen-bond acceptors (Lipinski definition) is 3. The van der Waals surface area contributed by atoms with Crippen LogP contribution in [0.15, 0.2) is 42.6 Å². The number of benzene rings is 2. The summed E-state index contributed by atoms with van der Waals surface area (Å²) in [5.74, 6) is 0. The second-order valence-corrected chi connectivity index (χ2v) is 10.7. The highest BCUT2D eigenvalue weighted by Gasteiger charge is 2.35. The lowest BCUT2D eigenvalue weighted by Gasteiger charge is -2.20. The van der Waals surface area contributed by atoms with E-state index >= 15 is 0 Å². The van der Waals surface area contributed by atoms with Crippen LogP contribution in [0.2, 0.25) is 0 Å². The molecule has 1 heterocycles. The fourth-order valence-corrected chi connectivity index (χ4v) is 4.77. The van der Waals surface area contributed by atoms with Gasteiger partial charge in [-0.1, -0.05) is 50.9 Å². The maximum Gasteiger partial charge on any atom is 0.417 e. The maximum absolute atomic E-state index is 13.8. The lowest BCUT2D eigenvalue weighted by Crippen LogP contribution is -2.14. The summed E-state index contributed by atoms with van der Waals surface area (Å²) >= 11 is 1.76. The Morgan fingerprint density at radius 1 is 1.16 bits per heavy atom. The van der Waals surface area contributed by atoms with Crippen LogP contribution in [0.4, 0.5) is 13.2 Å². The van der Waals surface area contributed by atoms with Gasteiger partial charge in [-0.15, -0.1) is 0 Å². The van der Waals surface area contributed by atoms with Crippen molar-refractivity contribution in [1.29, 1.82) is 5.26 Å². The fraction of sp³-hybridized carbons (Fsp3) is 0.400. The minimum atomic E-state index is -4.54. The van der Waals surface area contributed by atoms with Gasteiger partial charge >= 0.3 is 6.18 Å². The average molecular weight is 458 g/mol. The van der Waals surface area contributed by atoms with Crippen molar-refractivity contribution in [2.24, 2.45) is 5.41 Å². The molecule has 1 N–H and O–H groups in total. The minimum Gasteiger partial charge on any atom is -0.347 e. The van der Waals surface area contributed by atoms with Gasteiger partial charge in [0.25, 0.3) is 0 Å². The van der Waals surface area contributed by atoms with E-state index in [4.69, 9.17) is 0 Å². The van der Waals surface area contributed by atoms with Crippen molar-refractivity contribution in [3.63, 3.8) is 0 Å². The Morgan fingerprint density at radius 2 is 1.91 bits per heavy atom. The molecule has 1 saturated carbocycles. The van der Waals surface area contributed by atoms with Crippen LogP contribution in [-0.2, 0) is 19.3 Å². The van der Waals surface area contributed by atoms with Crippen LogP contribution in [0.1, 0.15) is 50.3 Å². The maximum atomic E-state index is 13.8. The molecular formula is C25H26F3N3S. The number of rotatable bonds is 6. The van der Waals surface area contributed by atoms with E-state index in [-0.39, 0.29) is 16.5 Å². The molecule has 0 unspecified atom stereocenters. The van der Waals surface area contributed by atoms with Gasteiger partial charge in [0.05, 0.1) is 17.2 Å². The Hall–Kier alpha value is -2.43. The van der Waals surface area contributed by atoms with Crippen LogP contribution in [0.3, 0.4) is 0 Å². The van der Waals surface area contributed by atoms with E-state index in [9.17, 15) is 18.4 Å². The average Bonchev–Trinajstić information content (AvgIpc) is 3.48. The molecule has 168 valence electrons. The number of halogens is 3. The summed E-state index contributed by atoms with van der Waals surface area (Å²) in [5, 5.41) is 11.2. The third kappa shape index (κ3) is 4.97. The van der Waals surface area contributed by atoms with Crippen molar-refractivity contribution >= 4 is 22.9 Å². The molecule has 1 aliphatic rings. The first-order chi connectivity index (χ1) is 15.1. The van der Waals surface area contributed by atoms with Crippen LogP contribution in [0.5, 0.6) is 0 Å². The van der Waals surface area contributed by atoms with E-state index in [1.807, 2.05) is 12.1 Å². The number of nitriles is 1. The molecule has 0 spiro atoms. The van der Waals surface area contributed by atoms with Crippen molar-refractivity contribution in [2.75, 3.05) is 0 Å². The van der Waals surface area contributed by atoms with Gasteiger partial charge in [-0.25, -0.2) is 0 Å². The molecule has 0 amide bonds. The van der Waals surface area contributed by atoms with Crippen molar-refractivity contribution < 1.29 is 13.2 Å². The molecule has 0 atom stereocenters. The van der Waals surface area contributed by atoms with Gasteiger partial charge < -0.3 is 4.57 Å². The molecule has 1 aromatic heterocycles. The largest absolute Gasteiger partial charge is 0.417 e. The molecule has 3 aromatic rings. The fourth-order valence-electron chi connectivity index (χ4n) is 3.92. The van der Waals surface area contributed by atoms with Crippen molar-refractivity contribution in [3.05, 3.63) is 59.3 Å². The Balaban J connectivity index is 1.83. The molecule has 3 nitrogen and oxygen atoms in total. The molecule has 0 saturated heterocycles. The molecule has 1 fully saturated rings. The number of nitrogens with zero attached hydrogens (tertiary/aromatic N) is 2. The molecule has 7 heteroatoms. The molecule has 0 radical (unpaired) electrons. The lowest BCUT2D eigenvalue weighted by atomic mass is 9.93. The van der Waals surface area contributed by atoms with E-state index in [1.165, 1.54) is 25.0 Å². The van der Waals surface area contributed by atoms with E-state index in [0.717, 1.165) is 29.1 Å². The van der Waals surface area contributed by atoms with E-state index in [0.29, 0.717) is 17.4 Å². The lowest BCUT2D eigenvalue weighted by molar-refractivity contribution is -0.137. The highest BCUT2D eigenvalue weighted by atomic mass is 32.2. The molecule has 0 aliphatic heterocycles. The standard InChI is InChI=1S/C25H26F3N3S/c1-24(2,3)15-31-14-18(13-30-32-19-8-9-19)20-10-7-16(11-22(20)31)23-17(12-29)5-4-6-21(23)25(26,27)28/h4-7,10-11,14,19,30H,8-9,13,15H2,1-3H3. The summed E-state index contributed by atoms with van der Waals surface area (Å²) in [4.78, 5) is 0. The molecule has 32 heavy (non-hydrogen) atoms. The first-order valence-electron chi connectivity index (χ1n) is 10.7. The van der Waals surface area contributed by atoms with Crippen molar-refractivity contribution in [1.82, 2.24) is 9.29 Å². The summed E-state index contributed by atoms with van der Waals surface area (Å²) < 4.78 is 46.8. The third-order valence-electron chi connectivity index (χ3n) is 5.43. The van der Waals surface area contributed by atoms with Crippen molar-refractivity contribution in [3.8, 4) is 17.2 Å². The van der Waals surface area contributed by atoms with E-state index in [2.05, 4.69) is 36.3 Å². The Morgan fingerprint density at radius 3 is 2.53 bits per heavy atom. The van der Waals surface area contributed by atoms with Crippen LogP contribution in [-0.4, -0.2) is 9.82 Å². The third-order valence-corrected chi connectivity index (χ3v) is 6.54. The van der Waals surface area contributed by atoms with E-state index < -0.39 is 11.7 Å². The van der Waals surface area contributed by atoms with Crippen LogP contribution >= 0.6 is 11.9 Å². The van der Waals surface area contributed by atoms with Gasteiger partial charge in [-0.2, -0.15) is 18.4 Å². The zero-order valence-electron chi connectivity index (χ0n) is 18.4. The highest BCUT2D eigenvalue weighted by molar-refractivity contribution is 7.98. The molecule has 2 aromatic carbocycles. The van der Waals surface area contributed by atoms with E-state index in [1.54, 1.807) is 24.1 Å². The molecule has 1 aliphatic carbocycles. The van der Waals surface area contributed by atoms with Gasteiger partial charge in [0, 0.05) is 41.0 Å². The van der Waals surface area contributed by atoms with Gasteiger partial charge in [0.2, 0.25) is 0 Å². The summed E-state index contributed by atoms with van der Waals surface area (Å²) in [6.07, 6.45) is 0.0417. The Bertz CT molecular complexity index is 1180. The summed E-state index contributed by atoms with van der Waals surface area (Å²) in [6, 6.07) is 11.1. The second-order valence-electron chi connectivity index (χ2n) is 9.55. The van der Waals surface area contributed by atoms with Crippen LogP contribution < -0.4 is 4.72 Å². The highest BCUT2D eigenvalue weighted by Crippen LogP contribution is 2.40. The predicted octanol–water partition coefficient (Wildman–Crippen LogP) is 7.15. The normalized spacial score (nSPS) is 14.7. The zero-order valence-corrected chi connectivity index (χ0v) is 19.2. The zero-order chi connectivity index (χ0) is 23.1. The number of aromatic nitrogens is 1. The van der Waals surface area contributed by atoms with Gasteiger partial charge in [-0.05, 0) is 47.6 Å². The monoisotopic (exact) mass is 457 g/mol. The van der Waals surface area contributed by atoms with Gasteiger partial charge in [-0.3, -0.25) is 4.72 Å². The number of fused-ring (bicyclic) bond motifs is 1. The van der Waals surface area contributed by atoms with Gasteiger partial charge in [0.1, 0.15) is 0 Å². The minimum absolute atomic E-state index is 0.00287. The molecule has 4 rings (SSSR count). The SMILES string of the molecule is CC(C)(C)Cn1cc(CNSC2CC2)c2ccc(-c3c(C#N)cccc3C(F)(F)F)cc21.